The van der Waals surface area contributed by atoms with Crippen molar-refractivity contribution < 1.29 is 9.59 Å². The lowest BCUT2D eigenvalue weighted by atomic mass is 9.95. The average molecular weight is 421 g/mol. The van der Waals surface area contributed by atoms with E-state index in [4.69, 9.17) is 11.6 Å². The van der Waals surface area contributed by atoms with Crippen LogP contribution in [-0.2, 0) is 22.6 Å². The van der Waals surface area contributed by atoms with Crippen molar-refractivity contribution in [3.05, 3.63) is 82.9 Å². The first-order valence-electron chi connectivity index (χ1n) is 10.4. The van der Waals surface area contributed by atoms with E-state index in [0.717, 1.165) is 34.7 Å². The molecule has 154 valence electrons. The van der Waals surface area contributed by atoms with Crippen LogP contribution < -0.4 is 5.32 Å². The van der Waals surface area contributed by atoms with E-state index >= 15 is 0 Å². The number of piperidine rings is 1. The third-order valence-electron chi connectivity index (χ3n) is 5.75. The Morgan fingerprint density at radius 2 is 1.77 bits per heavy atom. The summed E-state index contributed by atoms with van der Waals surface area (Å²) in [7, 11) is 0. The molecule has 1 atom stereocenters. The minimum absolute atomic E-state index is 0.00705. The summed E-state index contributed by atoms with van der Waals surface area (Å²) in [6, 6.07) is 21.6. The fourth-order valence-corrected chi connectivity index (χ4v) is 4.20. The SMILES string of the molecule is O=C(NCc1ccc(Cl)cc1)C1CCCN(C(=O)Cc2cccc3ccccc23)C1. The van der Waals surface area contributed by atoms with E-state index in [-0.39, 0.29) is 17.7 Å². The van der Waals surface area contributed by atoms with Crippen molar-refractivity contribution in [1.29, 1.82) is 0 Å². The summed E-state index contributed by atoms with van der Waals surface area (Å²) in [5, 5.41) is 5.93. The highest BCUT2D eigenvalue weighted by Crippen LogP contribution is 2.22. The van der Waals surface area contributed by atoms with E-state index in [0.29, 0.717) is 31.1 Å². The van der Waals surface area contributed by atoms with Crippen molar-refractivity contribution in [2.75, 3.05) is 13.1 Å². The molecule has 4 rings (SSSR count). The predicted octanol–water partition coefficient (Wildman–Crippen LogP) is 4.59. The minimum atomic E-state index is -0.164. The standard InChI is InChI=1S/C25H25ClN2O2/c26-22-12-10-18(11-13-22)16-27-25(30)21-8-4-14-28(17-21)24(29)15-20-7-3-6-19-5-1-2-9-23(19)20/h1-3,5-7,9-13,21H,4,8,14-17H2,(H,27,30). The summed E-state index contributed by atoms with van der Waals surface area (Å²) < 4.78 is 0. The zero-order chi connectivity index (χ0) is 20.9. The molecule has 0 aromatic heterocycles. The fourth-order valence-electron chi connectivity index (χ4n) is 4.07. The lowest BCUT2D eigenvalue weighted by Crippen LogP contribution is -2.45. The number of likely N-dealkylation sites (tertiary alicyclic amines) is 1. The highest BCUT2D eigenvalue weighted by molar-refractivity contribution is 6.30. The number of carbonyl (C=O) groups is 2. The number of carbonyl (C=O) groups excluding carboxylic acids is 2. The quantitative estimate of drug-likeness (QED) is 0.656. The van der Waals surface area contributed by atoms with Crippen molar-refractivity contribution in [2.24, 2.45) is 5.92 Å². The Bertz CT molecular complexity index is 1040. The summed E-state index contributed by atoms with van der Waals surface area (Å²) in [5.74, 6) is -0.0725. The molecule has 4 nitrogen and oxygen atoms in total. The minimum Gasteiger partial charge on any atom is -0.352 e. The first-order chi connectivity index (χ1) is 14.6. The van der Waals surface area contributed by atoms with E-state index in [1.807, 2.05) is 53.4 Å². The molecule has 1 unspecified atom stereocenters. The third kappa shape index (κ3) is 4.82. The summed E-state index contributed by atoms with van der Waals surface area (Å²) in [6.07, 6.45) is 2.02. The molecule has 3 aromatic carbocycles. The second-order valence-electron chi connectivity index (χ2n) is 7.84. The molecule has 0 spiro atoms. The molecule has 0 radical (unpaired) electrons. The van der Waals surface area contributed by atoms with Crippen LogP contribution in [0, 0.1) is 5.92 Å². The number of hydrogen-bond donors (Lipinski definition) is 1. The number of rotatable bonds is 5. The van der Waals surface area contributed by atoms with Gasteiger partial charge in [0, 0.05) is 24.7 Å². The second kappa shape index (κ2) is 9.31. The molecule has 0 saturated carbocycles. The molecule has 2 amide bonds. The number of halogens is 1. The Balaban J connectivity index is 1.36. The van der Waals surface area contributed by atoms with Gasteiger partial charge in [0.25, 0.3) is 0 Å². The van der Waals surface area contributed by atoms with E-state index in [1.54, 1.807) is 0 Å². The van der Waals surface area contributed by atoms with Crippen LogP contribution in [0.15, 0.2) is 66.7 Å². The van der Waals surface area contributed by atoms with Gasteiger partial charge in [0.05, 0.1) is 12.3 Å². The van der Waals surface area contributed by atoms with Crippen molar-refractivity contribution >= 4 is 34.2 Å². The Hall–Kier alpha value is -2.85. The van der Waals surface area contributed by atoms with Crippen LogP contribution in [0.1, 0.15) is 24.0 Å². The highest BCUT2D eigenvalue weighted by atomic mass is 35.5. The van der Waals surface area contributed by atoms with Gasteiger partial charge in [-0.2, -0.15) is 0 Å². The molecule has 1 saturated heterocycles. The van der Waals surface area contributed by atoms with Crippen LogP contribution in [0.4, 0.5) is 0 Å². The van der Waals surface area contributed by atoms with Crippen molar-refractivity contribution in [1.82, 2.24) is 10.2 Å². The summed E-state index contributed by atoms with van der Waals surface area (Å²) >= 11 is 5.91. The number of hydrogen-bond acceptors (Lipinski definition) is 2. The van der Waals surface area contributed by atoms with Crippen LogP contribution in [0.3, 0.4) is 0 Å². The Kier molecular flexibility index (Phi) is 6.34. The molecule has 0 aliphatic carbocycles. The summed E-state index contributed by atoms with van der Waals surface area (Å²) in [6.45, 7) is 1.66. The van der Waals surface area contributed by atoms with Crippen molar-refractivity contribution in [3.63, 3.8) is 0 Å². The molecule has 1 fully saturated rings. The number of benzene rings is 3. The largest absolute Gasteiger partial charge is 0.352 e. The fraction of sp³-hybridized carbons (Fsp3) is 0.280. The zero-order valence-electron chi connectivity index (χ0n) is 16.8. The van der Waals surface area contributed by atoms with Gasteiger partial charge in [-0.15, -0.1) is 0 Å². The van der Waals surface area contributed by atoms with Gasteiger partial charge in [-0.05, 0) is 46.9 Å². The van der Waals surface area contributed by atoms with E-state index in [2.05, 4.69) is 23.5 Å². The van der Waals surface area contributed by atoms with Crippen LogP contribution in [-0.4, -0.2) is 29.8 Å². The van der Waals surface area contributed by atoms with Gasteiger partial charge in [0.2, 0.25) is 11.8 Å². The maximum Gasteiger partial charge on any atom is 0.227 e. The van der Waals surface area contributed by atoms with Crippen LogP contribution in [0.5, 0.6) is 0 Å². The number of nitrogens with one attached hydrogen (secondary N) is 1. The number of amides is 2. The van der Waals surface area contributed by atoms with Gasteiger partial charge in [-0.1, -0.05) is 66.2 Å². The van der Waals surface area contributed by atoms with Crippen LogP contribution in [0.2, 0.25) is 5.02 Å². The zero-order valence-corrected chi connectivity index (χ0v) is 17.6. The second-order valence-corrected chi connectivity index (χ2v) is 8.27. The molecular formula is C25H25ClN2O2. The van der Waals surface area contributed by atoms with E-state index < -0.39 is 0 Å². The lowest BCUT2D eigenvalue weighted by Gasteiger charge is -2.32. The molecule has 0 bridgehead atoms. The first kappa shape index (κ1) is 20.4. The van der Waals surface area contributed by atoms with E-state index in [1.165, 1.54) is 0 Å². The third-order valence-corrected chi connectivity index (χ3v) is 6.00. The van der Waals surface area contributed by atoms with Gasteiger partial charge in [-0.25, -0.2) is 0 Å². The highest BCUT2D eigenvalue weighted by Gasteiger charge is 2.28. The predicted molar refractivity (Wildman–Crippen MR) is 120 cm³/mol. The molecule has 1 aliphatic heterocycles. The molecule has 1 aliphatic rings. The molecule has 3 aromatic rings. The van der Waals surface area contributed by atoms with Gasteiger partial charge in [0.1, 0.15) is 0 Å². The smallest absolute Gasteiger partial charge is 0.227 e. The maximum absolute atomic E-state index is 13.0. The monoisotopic (exact) mass is 420 g/mol. The van der Waals surface area contributed by atoms with E-state index in [9.17, 15) is 9.59 Å². The number of fused-ring (bicyclic) bond motifs is 1. The maximum atomic E-state index is 13.0. The van der Waals surface area contributed by atoms with Crippen molar-refractivity contribution in [2.45, 2.75) is 25.8 Å². The van der Waals surface area contributed by atoms with Crippen LogP contribution >= 0.6 is 11.6 Å². The first-order valence-corrected chi connectivity index (χ1v) is 10.7. The summed E-state index contributed by atoms with van der Waals surface area (Å²) in [5.41, 5.74) is 2.04. The molecular weight excluding hydrogens is 396 g/mol. The summed E-state index contributed by atoms with van der Waals surface area (Å²) in [4.78, 5) is 27.5. The van der Waals surface area contributed by atoms with Gasteiger partial charge >= 0.3 is 0 Å². The Labute approximate surface area is 181 Å². The molecule has 5 heteroatoms. The molecule has 30 heavy (non-hydrogen) atoms. The Morgan fingerprint density at radius 1 is 1.00 bits per heavy atom. The van der Waals surface area contributed by atoms with Gasteiger partial charge in [-0.3, -0.25) is 9.59 Å². The number of nitrogens with zero attached hydrogens (tertiary/aromatic N) is 1. The van der Waals surface area contributed by atoms with Crippen molar-refractivity contribution in [3.8, 4) is 0 Å². The topological polar surface area (TPSA) is 49.4 Å². The van der Waals surface area contributed by atoms with Gasteiger partial charge < -0.3 is 10.2 Å². The lowest BCUT2D eigenvalue weighted by molar-refractivity contribution is -0.135. The molecule has 1 heterocycles. The average Bonchev–Trinajstić information content (AvgIpc) is 2.79. The normalized spacial score (nSPS) is 16.4. The van der Waals surface area contributed by atoms with Crippen LogP contribution in [0.25, 0.3) is 10.8 Å². The van der Waals surface area contributed by atoms with Gasteiger partial charge in [0.15, 0.2) is 0 Å². The Morgan fingerprint density at radius 3 is 2.60 bits per heavy atom. The molecule has 1 N–H and O–H groups in total.